The van der Waals surface area contributed by atoms with Gasteiger partial charge in [0.15, 0.2) is 0 Å². The molecule has 0 saturated carbocycles. The Morgan fingerprint density at radius 2 is 1.50 bits per heavy atom. The summed E-state index contributed by atoms with van der Waals surface area (Å²) in [4.78, 5) is 0. The van der Waals surface area contributed by atoms with Crippen LogP contribution in [0.25, 0.3) is 0 Å². The normalized spacial score (nSPS) is 13.3. The van der Waals surface area contributed by atoms with Crippen LogP contribution in [-0.2, 0) is 0 Å². The second kappa shape index (κ2) is 5.36. The lowest BCUT2D eigenvalue weighted by Crippen LogP contribution is -1.79. The molecule has 0 atom stereocenters. The van der Waals surface area contributed by atoms with E-state index in [1.54, 1.807) is 0 Å². The monoisotopic (exact) mass is 160 g/mol. The van der Waals surface area contributed by atoms with Crippen LogP contribution in [0.15, 0.2) is 60.8 Å². The first-order chi connectivity index (χ1) is 5.65. The Kier molecular flexibility index (Phi) is 4.78. The van der Waals surface area contributed by atoms with Crippen molar-refractivity contribution in [2.75, 3.05) is 0 Å². The second-order valence-electron chi connectivity index (χ2n) is 2.64. The summed E-state index contributed by atoms with van der Waals surface area (Å²) in [5.41, 5.74) is 3.36. The molecule has 0 radical (unpaired) electrons. The highest BCUT2D eigenvalue weighted by molar-refractivity contribution is 5.41. The predicted molar refractivity (Wildman–Crippen MR) is 57.0 cm³/mol. The number of rotatable bonds is 4. The van der Waals surface area contributed by atoms with E-state index in [0.717, 1.165) is 16.7 Å². The van der Waals surface area contributed by atoms with E-state index in [2.05, 4.69) is 19.7 Å². The quantitative estimate of drug-likeness (QED) is 0.549. The molecule has 0 aromatic carbocycles. The zero-order valence-electron chi connectivity index (χ0n) is 7.93. The Labute approximate surface area is 75.3 Å². The van der Waals surface area contributed by atoms with Crippen LogP contribution in [0.2, 0.25) is 0 Å². The zero-order chi connectivity index (χ0) is 9.56. The maximum absolute atomic E-state index is 3.73. The van der Waals surface area contributed by atoms with Gasteiger partial charge in [-0.15, -0.1) is 0 Å². The van der Waals surface area contributed by atoms with E-state index in [1.165, 1.54) is 0 Å². The largest absolute Gasteiger partial charge is 0.0988 e. The van der Waals surface area contributed by atoms with Gasteiger partial charge in [0.1, 0.15) is 0 Å². The summed E-state index contributed by atoms with van der Waals surface area (Å²) >= 11 is 0. The first kappa shape index (κ1) is 10.7. The minimum atomic E-state index is 1.10. The summed E-state index contributed by atoms with van der Waals surface area (Å²) in [5.74, 6) is 0. The second-order valence-corrected chi connectivity index (χ2v) is 2.64. The van der Waals surface area contributed by atoms with E-state index in [1.807, 2.05) is 38.2 Å². The third kappa shape index (κ3) is 3.20. The lowest BCUT2D eigenvalue weighted by atomic mass is 10.1. The summed E-state index contributed by atoms with van der Waals surface area (Å²) in [5, 5.41) is 0. The van der Waals surface area contributed by atoms with Gasteiger partial charge in [-0.05, 0) is 25.0 Å². The summed E-state index contributed by atoms with van der Waals surface area (Å²) in [6.07, 6.45) is 7.50. The van der Waals surface area contributed by atoms with Crippen molar-refractivity contribution in [1.29, 1.82) is 0 Å². The van der Waals surface area contributed by atoms with E-state index >= 15 is 0 Å². The molecule has 0 unspecified atom stereocenters. The molecule has 0 fully saturated rings. The molecular weight excluding hydrogens is 144 g/mol. The maximum atomic E-state index is 3.73. The molecule has 0 rings (SSSR count). The van der Waals surface area contributed by atoms with Crippen LogP contribution in [0.5, 0.6) is 0 Å². The van der Waals surface area contributed by atoms with Crippen molar-refractivity contribution in [3.63, 3.8) is 0 Å². The lowest BCUT2D eigenvalue weighted by Gasteiger charge is -1.99. The molecule has 12 heavy (non-hydrogen) atoms. The van der Waals surface area contributed by atoms with Gasteiger partial charge in [-0.3, -0.25) is 0 Å². The molecular formula is C12H16. The fourth-order valence-corrected chi connectivity index (χ4v) is 0.756. The van der Waals surface area contributed by atoms with Gasteiger partial charge in [0, 0.05) is 0 Å². The van der Waals surface area contributed by atoms with Gasteiger partial charge in [0.25, 0.3) is 0 Å². The van der Waals surface area contributed by atoms with Crippen LogP contribution < -0.4 is 0 Å². The summed E-state index contributed by atoms with van der Waals surface area (Å²) in [6, 6.07) is 0. The minimum absolute atomic E-state index is 1.10. The van der Waals surface area contributed by atoms with Crippen molar-refractivity contribution >= 4 is 0 Å². The van der Waals surface area contributed by atoms with Crippen molar-refractivity contribution in [3.8, 4) is 0 Å². The third-order valence-corrected chi connectivity index (χ3v) is 1.69. The zero-order valence-corrected chi connectivity index (χ0v) is 7.93. The van der Waals surface area contributed by atoms with Crippen LogP contribution >= 0.6 is 0 Å². The van der Waals surface area contributed by atoms with Gasteiger partial charge in [0.2, 0.25) is 0 Å². The number of hydrogen-bond acceptors (Lipinski definition) is 0. The van der Waals surface area contributed by atoms with E-state index in [4.69, 9.17) is 0 Å². The topological polar surface area (TPSA) is 0 Å². The fourth-order valence-electron chi connectivity index (χ4n) is 0.756. The van der Waals surface area contributed by atoms with Gasteiger partial charge >= 0.3 is 0 Å². The van der Waals surface area contributed by atoms with E-state index < -0.39 is 0 Å². The Morgan fingerprint density at radius 1 is 0.917 bits per heavy atom. The average molecular weight is 160 g/mol. The highest BCUT2D eigenvalue weighted by Crippen LogP contribution is 2.10. The van der Waals surface area contributed by atoms with Crippen molar-refractivity contribution in [1.82, 2.24) is 0 Å². The van der Waals surface area contributed by atoms with Crippen LogP contribution in [0, 0.1) is 0 Å². The predicted octanol–water partition coefficient (Wildman–Crippen LogP) is 3.81. The molecule has 0 aromatic rings. The maximum Gasteiger partial charge on any atom is -0.0231 e. The molecule has 64 valence electrons. The van der Waals surface area contributed by atoms with E-state index in [-0.39, 0.29) is 0 Å². The Balaban J connectivity index is 4.93. The first-order valence-electron chi connectivity index (χ1n) is 3.92. The van der Waals surface area contributed by atoms with Crippen LogP contribution in [0.1, 0.15) is 13.8 Å². The standard InChI is InChI=1S/C12H16/c1-6-10(4)9-12(8-3)11(5)7-2/h6-9H,1-3H2,4-5H3/b10-9-,12-11+. The molecule has 0 heteroatoms. The van der Waals surface area contributed by atoms with Gasteiger partial charge < -0.3 is 0 Å². The molecule has 0 saturated heterocycles. The first-order valence-corrected chi connectivity index (χ1v) is 3.92. The molecule has 0 N–H and O–H groups in total. The van der Waals surface area contributed by atoms with Crippen molar-refractivity contribution in [2.24, 2.45) is 0 Å². The summed E-state index contributed by atoms with van der Waals surface area (Å²) < 4.78 is 0. The van der Waals surface area contributed by atoms with Crippen LogP contribution in [-0.4, -0.2) is 0 Å². The van der Waals surface area contributed by atoms with E-state index in [9.17, 15) is 0 Å². The smallest absolute Gasteiger partial charge is 0.0231 e. The molecule has 0 aromatic heterocycles. The Morgan fingerprint density at radius 3 is 1.83 bits per heavy atom. The van der Waals surface area contributed by atoms with Crippen molar-refractivity contribution in [2.45, 2.75) is 13.8 Å². The Bertz CT molecular complexity index is 249. The molecule has 0 spiro atoms. The fraction of sp³-hybridized carbons (Fsp3) is 0.167. The lowest BCUT2D eigenvalue weighted by molar-refractivity contribution is 1.42. The number of hydrogen-bond donors (Lipinski definition) is 0. The molecule has 0 aliphatic heterocycles. The number of allylic oxidation sites excluding steroid dienone is 7. The summed E-state index contributed by atoms with van der Waals surface area (Å²) in [6.45, 7) is 15.1. The van der Waals surface area contributed by atoms with E-state index in [0.29, 0.717) is 0 Å². The summed E-state index contributed by atoms with van der Waals surface area (Å²) in [7, 11) is 0. The minimum Gasteiger partial charge on any atom is -0.0988 e. The van der Waals surface area contributed by atoms with Gasteiger partial charge in [-0.2, -0.15) is 0 Å². The third-order valence-electron chi connectivity index (χ3n) is 1.69. The van der Waals surface area contributed by atoms with Gasteiger partial charge in [-0.1, -0.05) is 49.6 Å². The molecule has 0 nitrogen and oxygen atoms in total. The molecule has 0 aliphatic carbocycles. The highest BCUT2D eigenvalue weighted by Gasteiger charge is 1.90. The average Bonchev–Trinajstić information content (AvgIpc) is 2.12. The van der Waals surface area contributed by atoms with Crippen LogP contribution in [0.3, 0.4) is 0 Å². The SMILES string of the molecule is C=C/C(C)=C\C(C=C)=C(/C)C=C. The highest BCUT2D eigenvalue weighted by atomic mass is 14.0. The molecule has 0 heterocycles. The van der Waals surface area contributed by atoms with Gasteiger partial charge in [-0.25, -0.2) is 0 Å². The Hall–Kier alpha value is -1.30. The van der Waals surface area contributed by atoms with Crippen molar-refractivity contribution in [3.05, 3.63) is 60.8 Å². The van der Waals surface area contributed by atoms with Gasteiger partial charge in [0.05, 0.1) is 0 Å². The van der Waals surface area contributed by atoms with Crippen molar-refractivity contribution < 1.29 is 0 Å². The van der Waals surface area contributed by atoms with Crippen LogP contribution in [0.4, 0.5) is 0 Å². The molecule has 0 bridgehead atoms. The molecule has 0 aliphatic rings. The molecule has 0 amide bonds.